The average Bonchev–Trinajstić information content (AvgIpc) is 2.80. The molecular weight excluding hydrogens is 281 g/mol. The average molecular weight is 291 g/mol. The lowest BCUT2D eigenvalue weighted by molar-refractivity contribution is 0.594. The minimum Gasteiger partial charge on any atom is -0.360 e. The highest BCUT2D eigenvalue weighted by atomic mass is 32.2. The first kappa shape index (κ1) is 12.8. The van der Waals surface area contributed by atoms with Gasteiger partial charge in [0.2, 0.25) is 0 Å². The second kappa shape index (κ2) is 4.39. The lowest BCUT2D eigenvalue weighted by Gasteiger charge is -2.01. The van der Waals surface area contributed by atoms with Gasteiger partial charge in [-0.25, -0.2) is 22.9 Å². The van der Waals surface area contributed by atoms with Gasteiger partial charge in [-0.15, -0.1) is 0 Å². The number of fused-ring (bicyclic) bond motifs is 1. The van der Waals surface area contributed by atoms with Crippen molar-refractivity contribution in [3.05, 3.63) is 48.5 Å². The van der Waals surface area contributed by atoms with Crippen LogP contribution in [0.4, 0.5) is 4.39 Å². The second-order valence-corrected chi connectivity index (χ2v) is 5.83. The zero-order valence-corrected chi connectivity index (χ0v) is 11.0. The molecule has 102 valence electrons. The molecule has 0 saturated carbocycles. The molecule has 1 aromatic carbocycles. The first-order chi connectivity index (χ1) is 9.45. The maximum atomic E-state index is 13.1. The molecule has 0 saturated heterocycles. The van der Waals surface area contributed by atoms with Gasteiger partial charge in [0.25, 0.3) is 10.0 Å². The summed E-state index contributed by atoms with van der Waals surface area (Å²) in [4.78, 5) is 6.79. The normalized spacial score (nSPS) is 11.9. The molecule has 0 unspecified atom stereocenters. The van der Waals surface area contributed by atoms with Crippen molar-refractivity contribution in [2.75, 3.05) is 0 Å². The number of nitrogens with two attached hydrogens (primary N) is 1. The summed E-state index contributed by atoms with van der Waals surface area (Å²) in [5, 5.41) is 5.64. The van der Waals surface area contributed by atoms with E-state index in [1.807, 2.05) is 0 Å². The molecule has 2 heterocycles. The fourth-order valence-electron chi connectivity index (χ4n) is 2.05. The van der Waals surface area contributed by atoms with E-state index in [1.54, 1.807) is 18.3 Å². The summed E-state index contributed by atoms with van der Waals surface area (Å²) in [6.45, 7) is 0. The molecule has 0 aliphatic rings. The zero-order chi connectivity index (χ0) is 14.3. The third-order valence-corrected chi connectivity index (χ3v) is 3.81. The molecule has 0 bridgehead atoms. The van der Waals surface area contributed by atoms with Gasteiger partial charge in [0, 0.05) is 34.4 Å². The van der Waals surface area contributed by atoms with Gasteiger partial charge in [0.05, 0.1) is 0 Å². The molecule has 0 aliphatic carbocycles. The summed E-state index contributed by atoms with van der Waals surface area (Å²) in [7, 11) is -3.81. The SMILES string of the molecule is NS(=O)(=O)c1ccc(-c2c[nH]c3cc(F)ccc23)cn1. The van der Waals surface area contributed by atoms with Crippen molar-refractivity contribution in [2.24, 2.45) is 5.14 Å². The highest BCUT2D eigenvalue weighted by molar-refractivity contribution is 7.89. The Kier molecular flexibility index (Phi) is 2.81. The third-order valence-electron chi connectivity index (χ3n) is 2.98. The van der Waals surface area contributed by atoms with Crippen LogP contribution in [0.15, 0.2) is 47.8 Å². The molecule has 0 aliphatic heterocycles. The van der Waals surface area contributed by atoms with Gasteiger partial charge >= 0.3 is 0 Å². The Morgan fingerprint density at radius 1 is 1.20 bits per heavy atom. The summed E-state index contributed by atoms with van der Waals surface area (Å²) in [6, 6.07) is 7.37. The minimum absolute atomic E-state index is 0.188. The molecule has 0 atom stereocenters. The Morgan fingerprint density at radius 3 is 2.65 bits per heavy atom. The van der Waals surface area contributed by atoms with Crippen LogP contribution in [-0.4, -0.2) is 18.4 Å². The van der Waals surface area contributed by atoms with E-state index < -0.39 is 10.0 Å². The molecule has 0 amide bonds. The Morgan fingerprint density at radius 2 is 2.00 bits per heavy atom. The van der Waals surface area contributed by atoms with E-state index in [0.717, 1.165) is 16.5 Å². The number of hydrogen-bond acceptors (Lipinski definition) is 3. The number of hydrogen-bond donors (Lipinski definition) is 2. The number of pyridine rings is 1. The van der Waals surface area contributed by atoms with Crippen molar-refractivity contribution >= 4 is 20.9 Å². The molecule has 20 heavy (non-hydrogen) atoms. The topological polar surface area (TPSA) is 88.8 Å². The number of aromatic nitrogens is 2. The van der Waals surface area contributed by atoms with Crippen LogP contribution < -0.4 is 5.14 Å². The largest absolute Gasteiger partial charge is 0.360 e. The van der Waals surface area contributed by atoms with Crippen molar-refractivity contribution in [2.45, 2.75) is 5.03 Å². The molecule has 3 rings (SSSR count). The van der Waals surface area contributed by atoms with E-state index in [1.165, 1.54) is 24.4 Å². The maximum Gasteiger partial charge on any atom is 0.255 e. The summed E-state index contributed by atoms with van der Waals surface area (Å²) in [5.74, 6) is -0.325. The van der Waals surface area contributed by atoms with Crippen LogP contribution in [0.2, 0.25) is 0 Å². The van der Waals surface area contributed by atoms with Crippen LogP contribution in [0.1, 0.15) is 0 Å². The molecule has 2 aromatic heterocycles. The molecule has 5 nitrogen and oxygen atoms in total. The molecule has 3 N–H and O–H groups in total. The Bertz CT molecular complexity index is 886. The van der Waals surface area contributed by atoms with Gasteiger partial charge in [-0.1, -0.05) is 0 Å². The monoisotopic (exact) mass is 291 g/mol. The van der Waals surface area contributed by atoms with E-state index in [-0.39, 0.29) is 10.8 Å². The van der Waals surface area contributed by atoms with Gasteiger partial charge in [0.15, 0.2) is 5.03 Å². The number of benzene rings is 1. The lowest BCUT2D eigenvalue weighted by Crippen LogP contribution is -2.13. The number of sulfonamides is 1. The van der Waals surface area contributed by atoms with Crippen LogP contribution in [0.25, 0.3) is 22.0 Å². The van der Waals surface area contributed by atoms with E-state index in [0.29, 0.717) is 5.52 Å². The van der Waals surface area contributed by atoms with Crippen molar-refractivity contribution < 1.29 is 12.8 Å². The van der Waals surface area contributed by atoms with E-state index in [9.17, 15) is 12.8 Å². The first-order valence-corrected chi connectivity index (χ1v) is 7.26. The Balaban J connectivity index is 2.12. The van der Waals surface area contributed by atoms with Crippen LogP contribution in [-0.2, 0) is 10.0 Å². The summed E-state index contributed by atoms with van der Waals surface area (Å²) in [5.41, 5.74) is 2.19. The fraction of sp³-hybridized carbons (Fsp3) is 0. The molecule has 0 spiro atoms. The van der Waals surface area contributed by atoms with E-state index in [2.05, 4.69) is 9.97 Å². The van der Waals surface area contributed by atoms with Crippen LogP contribution in [0.3, 0.4) is 0 Å². The van der Waals surface area contributed by atoms with Crippen molar-refractivity contribution in [3.8, 4) is 11.1 Å². The van der Waals surface area contributed by atoms with Crippen molar-refractivity contribution in [1.29, 1.82) is 0 Å². The van der Waals surface area contributed by atoms with Gasteiger partial charge in [-0.3, -0.25) is 0 Å². The highest BCUT2D eigenvalue weighted by Gasteiger charge is 2.11. The van der Waals surface area contributed by atoms with E-state index >= 15 is 0 Å². The lowest BCUT2D eigenvalue weighted by atomic mass is 10.1. The van der Waals surface area contributed by atoms with Gasteiger partial charge in [-0.05, 0) is 30.3 Å². The van der Waals surface area contributed by atoms with Gasteiger partial charge in [0.1, 0.15) is 5.82 Å². The second-order valence-electron chi connectivity index (χ2n) is 4.32. The predicted octanol–water partition coefficient (Wildman–Crippen LogP) is 2.02. The van der Waals surface area contributed by atoms with Gasteiger partial charge < -0.3 is 4.98 Å². The smallest absolute Gasteiger partial charge is 0.255 e. The molecule has 7 heteroatoms. The predicted molar refractivity (Wildman–Crippen MR) is 72.9 cm³/mol. The van der Waals surface area contributed by atoms with Gasteiger partial charge in [-0.2, -0.15) is 0 Å². The van der Waals surface area contributed by atoms with Crippen LogP contribution in [0, 0.1) is 5.82 Å². The highest BCUT2D eigenvalue weighted by Crippen LogP contribution is 2.28. The number of aromatic amines is 1. The molecule has 0 fully saturated rings. The van der Waals surface area contributed by atoms with Crippen molar-refractivity contribution in [1.82, 2.24) is 9.97 Å². The number of primary sulfonamides is 1. The van der Waals surface area contributed by atoms with Crippen LogP contribution in [0.5, 0.6) is 0 Å². The summed E-state index contributed by atoms with van der Waals surface area (Å²) < 4.78 is 35.4. The Hall–Kier alpha value is -2.25. The quantitative estimate of drug-likeness (QED) is 0.757. The van der Waals surface area contributed by atoms with Crippen molar-refractivity contribution in [3.63, 3.8) is 0 Å². The number of halogens is 1. The molecule has 0 radical (unpaired) electrons. The number of nitrogens with zero attached hydrogens (tertiary/aromatic N) is 1. The fourth-order valence-corrected chi connectivity index (χ4v) is 2.50. The number of rotatable bonds is 2. The Labute approximate surface area is 114 Å². The molecular formula is C13H10FN3O2S. The summed E-state index contributed by atoms with van der Waals surface area (Å²) >= 11 is 0. The first-order valence-electron chi connectivity index (χ1n) is 5.71. The molecule has 3 aromatic rings. The standard InChI is InChI=1S/C13H10FN3O2S/c14-9-2-3-10-11(7-16-12(10)5-9)8-1-4-13(17-6-8)20(15,18)19/h1-7,16H,(H2,15,18,19). The van der Waals surface area contributed by atoms with E-state index in [4.69, 9.17) is 5.14 Å². The number of nitrogens with one attached hydrogen (secondary N) is 1. The zero-order valence-electron chi connectivity index (χ0n) is 10.2. The third kappa shape index (κ3) is 2.17. The summed E-state index contributed by atoms with van der Waals surface area (Å²) in [6.07, 6.45) is 3.14. The maximum absolute atomic E-state index is 13.1. The van der Waals surface area contributed by atoms with Crippen LogP contribution >= 0.6 is 0 Å². The minimum atomic E-state index is -3.81. The number of H-pyrrole nitrogens is 1.